The van der Waals surface area contributed by atoms with Gasteiger partial charge in [-0.25, -0.2) is 0 Å². The predicted octanol–water partition coefficient (Wildman–Crippen LogP) is 1.85. The van der Waals surface area contributed by atoms with Crippen LogP contribution >= 0.6 is 11.8 Å². The number of benzene rings is 1. The molecule has 1 saturated heterocycles. The highest BCUT2D eigenvalue weighted by Crippen LogP contribution is 2.27. The Morgan fingerprint density at radius 3 is 3.22 bits per heavy atom. The molecule has 2 aliphatic rings. The molecule has 0 spiro atoms. The number of thioether (sulfide) groups is 1. The van der Waals surface area contributed by atoms with E-state index in [-0.39, 0.29) is 11.8 Å². The summed E-state index contributed by atoms with van der Waals surface area (Å²) in [6.45, 7) is 1.74. The standard InChI is InChI=1S/C14H17NO2S/c1-15-5-7-18-9-12(15)14(16)11-2-3-13-10(8-11)4-6-17-13/h2-3,8,12H,4-7,9H2,1H3. The molecule has 0 radical (unpaired) electrons. The molecule has 0 bridgehead atoms. The van der Waals surface area contributed by atoms with Gasteiger partial charge in [-0.3, -0.25) is 9.69 Å². The molecule has 3 nitrogen and oxygen atoms in total. The number of rotatable bonds is 2. The highest BCUT2D eigenvalue weighted by atomic mass is 32.2. The van der Waals surface area contributed by atoms with Crippen molar-refractivity contribution >= 4 is 17.5 Å². The highest BCUT2D eigenvalue weighted by Gasteiger charge is 2.27. The van der Waals surface area contributed by atoms with Crippen LogP contribution in [-0.4, -0.2) is 48.4 Å². The molecule has 1 unspecified atom stereocenters. The van der Waals surface area contributed by atoms with Gasteiger partial charge in [0, 0.05) is 30.0 Å². The zero-order valence-electron chi connectivity index (χ0n) is 10.5. The van der Waals surface area contributed by atoms with E-state index in [1.54, 1.807) is 0 Å². The summed E-state index contributed by atoms with van der Waals surface area (Å²) in [7, 11) is 2.04. The van der Waals surface area contributed by atoms with Gasteiger partial charge in [-0.05, 0) is 30.8 Å². The van der Waals surface area contributed by atoms with Crippen molar-refractivity contribution in [2.24, 2.45) is 0 Å². The first kappa shape index (κ1) is 12.1. The van der Waals surface area contributed by atoms with Gasteiger partial charge in [0.15, 0.2) is 5.78 Å². The topological polar surface area (TPSA) is 29.5 Å². The van der Waals surface area contributed by atoms with Gasteiger partial charge in [-0.2, -0.15) is 11.8 Å². The summed E-state index contributed by atoms with van der Waals surface area (Å²) in [5.41, 5.74) is 2.01. The highest BCUT2D eigenvalue weighted by molar-refractivity contribution is 7.99. The van der Waals surface area contributed by atoms with Crippen LogP contribution in [0.3, 0.4) is 0 Å². The molecule has 2 heterocycles. The minimum absolute atomic E-state index is 0.0316. The summed E-state index contributed by atoms with van der Waals surface area (Å²) in [5, 5.41) is 0. The summed E-state index contributed by atoms with van der Waals surface area (Å²) in [5.74, 6) is 3.22. The fourth-order valence-corrected chi connectivity index (χ4v) is 3.71. The molecule has 4 heteroatoms. The molecule has 1 aromatic rings. The van der Waals surface area contributed by atoms with E-state index in [1.807, 2.05) is 37.0 Å². The lowest BCUT2D eigenvalue weighted by molar-refractivity contribution is 0.0874. The van der Waals surface area contributed by atoms with Crippen molar-refractivity contribution in [3.63, 3.8) is 0 Å². The normalized spacial score (nSPS) is 23.5. The van der Waals surface area contributed by atoms with Crippen LogP contribution in [0.1, 0.15) is 15.9 Å². The SMILES string of the molecule is CN1CCSCC1C(=O)c1ccc2c(c1)CCO2. The van der Waals surface area contributed by atoms with E-state index < -0.39 is 0 Å². The van der Waals surface area contributed by atoms with Gasteiger partial charge in [0.25, 0.3) is 0 Å². The molecule has 0 aliphatic carbocycles. The van der Waals surface area contributed by atoms with Gasteiger partial charge in [0.05, 0.1) is 12.6 Å². The van der Waals surface area contributed by atoms with Crippen LogP contribution in [0.4, 0.5) is 0 Å². The smallest absolute Gasteiger partial charge is 0.180 e. The molecular weight excluding hydrogens is 246 g/mol. The molecule has 0 saturated carbocycles. The lowest BCUT2D eigenvalue weighted by atomic mass is 10.0. The number of fused-ring (bicyclic) bond motifs is 1. The van der Waals surface area contributed by atoms with Crippen molar-refractivity contribution < 1.29 is 9.53 Å². The molecule has 3 rings (SSSR count). The van der Waals surface area contributed by atoms with E-state index in [0.717, 1.165) is 42.4 Å². The monoisotopic (exact) mass is 263 g/mol. The number of Topliss-reactive ketones (excluding diaryl/α,β-unsaturated/α-hetero) is 1. The number of carbonyl (C=O) groups is 1. The molecule has 0 N–H and O–H groups in total. The molecular formula is C14H17NO2S. The number of carbonyl (C=O) groups excluding carboxylic acids is 1. The predicted molar refractivity (Wildman–Crippen MR) is 73.7 cm³/mol. The van der Waals surface area contributed by atoms with Crippen molar-refractivity contribution in [2.45, 2.75) is 12.5 Å². The van der Waals surface area contributed by atoms with Crippen LogP contribution in [0.2, 0.25) is 0 Å². The second kappa shape index (κ2) is 4.94. The van der Waals surface area contributed by atoms with Crippen LogP contribution in [0.5, 0.6) is 5.75 Å². The van der Waals surface area contributed by atoms with E-state index in [1.165, 1.54) is 5.56 Å². The summed E-state index contributed by atoms with van der Waals surface area (Å²) < 4.78 is 5.47. The van der Waals surface area contributed by atoms with Crippen molar-refractivity contribution in [1.82, 2.24) is 4.90 Å². The van der Waals surface area contributed by atoms with Crippen molar-refractivity contribution in [1.29, 1.82) is 0 Å². The molecule has 0 amide bonds. The molecule has 96 valence electrons. The largest absolute Gasteiger partial charge is 0.493 e. The van der Waals surface area contributed by atoms with Gasteiger partial charge < -0.3 is 4.74 Å². The number of nitrogens with zero attached hydrogens (tertiary/aromatic N) is 1. The van der Waals surface area contributed by atoms with E-state index >= 15 is 0 Å². The van der Waals surface area contributed by atoms with Gasteiger partial charge in [-0.1, -0.05) is 0 Å². The third-order valence-corrected chi connectivity index (χ3v) is 4.70. The summed E-state index contributed by atoms with van der Waals surface area (Å²) in [4.78, 5) is 14.7. The Labute approximate surface area is 111 Å². The first-order chi connectivity index (χ1) is 8.75. The summed E-state index contributed by atoms with van der Waals surface area (Å²) >= 11 is 1.87. The van der Waals surface area contributed by atoms with Crippen molar-refractivity contribution in [3.05, 3.63) is 29.3 Å². The van der Waals surface area contributed by atoms with E-state index in [0.29, 0.717) is 0 Å². The zero-order chi connectivity index (χ0) is 12.5. The Morgan fingerprint density at radius 2 is 2.39 bits per heavy atom. The number of hydrogen-bond acceptors (Lipinski definition) is 4. The first-order valence-electron chi connectivity index (χ1n) is 6.33. The maximum Gasteiger partial charge on any atom is 0.180 e. The second-order valence-electron chi connectivity index (χ2n) is 4.86. The van der Waals surface area contributed by atoms with Gasteiger partial charge in [-0.15, -0.1) is 0 Å². The lowest BCUT2D eigenvalue weighted by Gasteiger charge is -2.30. The third kappa shape index (κ3) is 2.15. The van der Waals surface area contributed by atoms with E-state index in [4.69, 9.17) is 4.74 Å². The Bertz CT molecular complexity index is 475. The zero-order valence-corrected chi connectivity index (χ0v) is 11.3. The Kier molecular flexibility index (Phi) is 3.31. The van der Waals surface area contributed by atoms with E-state index in [9.17, 15) is 4.79 Å². The summed E-state index contributed by atoms with van der Waals surface area (Å²) in [6.07, 6.45) is 0.922. The second-order valence-corrected chi connectivity index (χ2v) is 6.01. The van der Waals surface area contributed by atoms with Gasteiger partial charge in [0.2, 0.25) is 0 Å². The Hall–Kier alpha value is -1.00. The lowest BCUT2D eigenvalue weighted by Crippen LogP contribution is -2.44. The Morgan fingerprint density at radius 1 is 1.50 bits per heavy atom. The summed E-state index contributed by atoms with van der Waals surface area (Å²) in [6, 6.07) is 5.88. The van der Waals surface area contributed by atoms with Crippen LogP contribution in [0.15, 0.2) is 18.2 Å². The average molecular weight is 263 g/mol. The number of ether oxygens (including phenoxy) is 1. The molecule has 18 heavy (non-hydrogen) atoms. The molecule has 1 fully saturated rings. The minimum atomic E-state index is 0.0316. The molecule has 0 aromatic heterocycles. The van der Waals surface area contributed by atoms with Gasteiger partial charge in [0.1, 0.15) is 5.75 Å². The molecule has 1 aromatic carbocycles. The third-order valence-electron chi connectivity index (χ3n) is 3.67. The fraction of sp³-hybridized carbons (Fsp3) is 0.500. The van der Waals surface area contributed by atoms with Crippen LogP contribution in [0.25, 0.3) is 0 Å². The van der Waals surface area contributed by atoms with Crippen LogP contribution in [0, 0.1) is 0 Å². The Balaban J connectivity index is 1.83. The maximum absolute atomic E-state index is 12.5. The average Bonchev–Trinajstić information content (AvgIpc) is 2.85. The maximum atomic E-state index is 12.5. The van der Waals surface area contributed by atoms with Crippen LogP contribution in [-0.2, 0) is 6.42 Å². The number of ketones is 1. The molecule has 1 atom stereocenters. The fourth-order valence-electron chi connectivity index (χ4n) is 2.49. The number of hydrogen-bond donors (Lipinski definition) is 0. The van der Waals surface area contributed by atoms with Crippen molar-refractivity contribution in [3.8, 4) is 5.75 Å². The van der Waals surface area contributed by atoms with Crippen molar-refractivity contribution in [2.75, 3.05) is 31.7 Å². The van der Waals surface area contributed by atoms with E-state index in [2.05, 4.69) is 4.90 Å². The van der Waals surface area contributed by atoms with Crippen LogP contribution < -0.4 is 4.74 Å². The minimum Gasteiger partial charge on any atom is -0.493 e. The van der Waals surface area contributed by atoms with Gasteiger partial charge >= 0.3 is 0 Å². The number of likely N-dealkylation sites (N-methyl/N-ethyl adjacent to an activating group) is 1. The molecule has 2 aliphatic heterocycles. The quantitative estimate of drug-likeness (QED) is 0.762. The first-order valence-corrected chi connectivity index (χ1v) is 7.49.